The van der Waals surface area contributed by atoms with Crippen molar-refractivity contribution in [1.82, 2.24) is 5.32 Å². The molecule has 0 rings (SSSR count). The lowest BCUT2D eigenvalue weighted by atomic mass is 9.79. The van der Waals surface area contributed by atoms with Gasteiger partial charge < -0.3 is 10.4 Å². The van der Waals surface area contributed by atoms with Crippen LogP contribution in [-0.2, 0) is 4.79 Å². The normalized spacial score (nSPS) is 15.6. The monoisotopic (exact) mass is 243 g/mol. The summed E-state index contributed by atoms with van der Waals surface area (Å²) in [5.41, 5.74) is -1.44. The molecule has 0 fully saturated rings. The molecule has 1 atom stereocenters. The highest BCUT2D eigenvalue weighted by atomic mass is 16.3. The van der Waals surface area contributed by atoms with Crippen LogP contribution in [0.15, 0.2) is 0 Å². The molecular weight excluding hydrogens is 214 g/mol. The van der Waals surface area contributed by atoms with Crippen LogP contribution >= 0.6 is 0 Å². The van der Waals surface area contributed by atoms with Gasteiger partial charge in [-0.05, 0) is 39.0 Å². The second kappa shape index (κ2) is 4.97. The highest BCUT2D eigenvalue weighted by Gasteiger charge is 2.36. The van der Waals surface area contributed by atoms with Gasteiger partial charge in [0.05, 0.1) is 11.1 Å². The second-order valence-electron chi connectivity index (χ2n) is 7.20. The van der Waals surface area contributed by atoms with Gasteiger partial charge in [-0.15, -0.1) is 0 Å². The van der Waals surface area contributed by atoms with Crippen LogP contribution in [0.25, 0.3) is 0 Å². The maximum atomic E-state index is 11.9. The standard InChI is InChI=1S/C14H29NO2/c1-10(12(2,3)4)9-11(16)15-13(5,6)14(7,8)17/h10,17H,9H2,1-8H3,(H,15,16). The molecule has 0 heterocycles. The van der Waals surface area contributed by atoms with Gasteiger partial charge in [-0.25, -0.2) is 0 Å². The van der Waals surface area contributed by atoms with E-state index in [1.807, 2.05) is 13.8 Å². The van der Waals surface area contributed by atoms with Crippen molar-refractivity contribution < 1.29 is 9.90 Å². The number of nitrogens with one attached hydrogen (secondary N) is 1. The Morgan fingerprint density at radius 2 is 1.53 bits per heavy atom. The Morgan fingerprint density at radius 1 is 1.12 bits per heavy atom. The summed E-state index contributed by atoms with van der Waals surface area (Å²) >= 11 is 0. The first kappa shape index (κ1) is 16.4. The van der Waals surface area contributed by atoms with Crippen molar-refractivity contribution in [3.8, 4) is 0 Å². The second-order valence-corrected chi connectivity index (χ2v) is 7.20. The molecule has 3 nitrogen and oxygen atoms in total. The quantitative estimate of drug-likeness (QED) is 0.797. The molecule has 0 aromatic heterocycles. The molecule has 0 saturated heterocycles. The van der Waals surface area contributed by atoms with Crippen LogP contribution in [0.2, 0.25) is 0 Å². The van der Waals surface area contributed by atoms with Crippen molar-refractivity contribution in [3.05, 3.63) is 0 Å². The Morgan fingerprint density at radius 3 is 1.82 bits per heavy atom. The molecule has 102 valence electrons. The predicted octanol–water partition coefficient (Wildman–Crippen LogP) is 2.72. The van der Waals surface area contributed by atoms with Crippen LogP contribution in [0, 0.1) is 11.3 Å². The third kappa shape index (κ3) is 5.07. The largest absolute Gasteiger partial charge is 0.388 e. The van der Waals surface area contributed by atoms with Crippen molar-refractivity contribution in [3.63, 3.8) is 0 Å². The van der Waals surface area contributed by atoms with Crippen LogP contribution < -0.4 is 5.32 Å². The lowest BCUT2D eigenvalue weighted by Crippen LogP contribution is -2.58. The molecule has 0 radical (unpaired) electrons. The third-order valence-corrected chi connectivity index (χ3v) is 3.95. The van der Waals surface area contributed by atoms with E-state index in [1.54, 1.807) is 13.8 Å². The van der Waals surface area contributed by atoms with Crippen LogP contribution in [0.3, 0.4) is 0 Å². The molecule has 1 amide bonds. The summed E-state index contributed by atoms with van der Waals surface area (Å²) in [5, 5.41) is 12.9. The van der Waals surface area contributed by atoms with E-state index in [-0.39, 0.29) is 11.3 Å². The molecule has 0 bridgehead atoms. The van der Waals surface area contributed by atoms with Gasteiger partial charge in [0.15, 0.2) is 0 Å². The predicted molar refractivity (Wildman–Crippen MR) is 71.8 cm³/mol. The fourth-order valence-corrected chi connectivity index (χ4v) is 1.14. The van der Waals surface area contributed by atoms with Gasteiger partial charge in [-0.1, -0.05) is 27.7 Å². The maximum Gasteiger partial charge on any atom is 0.220 e. The Hall–Kier alpha value is -0.570. The van der Waals surface area contributed by atoms with Gasteiger partial charge in [-0.3, -0.25) is 4.79 Å². The zero-order chi connectivity index (χ0) is 14.1. The van der Waals surface area contributed by atoms with E-state index >= 15 is 0 Å². The van der Waals surface area contributed by atoms with E-state index in [4.69, 9.17) is 0 Å². The molecule has 0 aromatic rings. The Balaban J connectivity index is 4.49. The summed E-state index contributed by atoms with van der Waals surface area (Å²) in [4.78, 5) is 11.9. The van der Waals surface area contributed by atoms with Gasteiger partial charge in [0, 0.05) is 6.42 Å². The topological polar surface area (TPSA) is 49.3 Å². The molecule has 3 heteroatoms. The van der Waals surface area contributed by atoms with Crippen molar-refractivity contribution in [2.24, 2.45) is 11.3 Å². The number of carbonyl (C=O) groups is 1. The fraction of sp³-hybridized carbons (Fsp3) is 0.929. The zero-order valence-corrected chi connectivity index (χ0v) is 12.6. The van der Waals surface area contributed by atoms with Crippen molar-refractivity contribution in [2.45, 2.75) is 73.0 Å². The molecule has 0 aliphatic carbocycles. The molecule has 0 saturated carbocycles. The number of hydrogen-bond donors (Lipinski definition) is 2. The molecular formula is C14H29NO2. The van der Waals surface area contributed by atoms with Crippen LogP contribution in [0.4, 0.5) is 0 Å². The summed E-state index contributed by atoms with van der Waals surface area (Å²) in [6, 6.07) is 0. The first-order valence-corrected chi connectivity index (χ1v) is 6.31. The average molecular weight is 243 g/mol. The summed E-state index contributed by atoms with van der Waals surface area (Å²) < 4.78 is 0. The zero-order valence-electron chi connectivity index (χ0n) is 12.6. The number of aliphatic hydroxyl groups is 1. The first-order chi connectivity index (χ1) is 7.27. The summed E-state index contributed by atoms with van der Waals surface area (Å²) in [6.45, 7) is 15.6. The SMILES string of the molecule is CC(CC(=O)NC(C)(C)C(C)(C)O)C(C)(C)C. The van der Waals surface area contributed by atoms with Crippen LogP contribution in [0.1, 0.15) is 61.8 Å². The van der Waals surface area contributed by atoms with Gasteiger partial charge in [0.25, 0.3) is 0 Å². The van der Waals surface area contributed by atoms with Gasteiger partial charge in [0.1, 0.15) is 0 Å². The van der Waals surface area contributed by atoms with Crippen LogP contribution in [0.5, 0.6) is 0 Å². The van der Waals surface area contributed by atoms with Crippen molar-refractivity contribution in [2.75, 3.05) is 0 Å². The summed E-state index contributed by atoms with van der Waals surface area (Å²) in [5.74, 6) is 0.305. The Labute approximate surface area is 106 Å². The van der Waals surface area contributed by atoms with Crippen molar-refractivity contribution in [1.29, 1.82) is 0 Å². The van der Waals surface area contributed by atoms with Gasteiger partial charge in [-0.2, -0.15) is 0 Å². The molecule has 1 unspecified atom stereocenters. The lowest BCUT2D eigenvalue weighted by Gasteiger charge is -2.38. The van der Waals surface area contributed by atoms with Gasteiger partial charge >= 0.3 is 0 Å². The van der Waals surface area contributed by atoms with Gasteiger partial charge in [0.2, 0.25) is 5.91 Å². The summed E-state index contributed by atoms with van der Waals surface area (Å²) in [7, 11) is 0. The number of rotatable bonds is 4. The molecule has 0 aliphatic heterocycles. The number of amides is 1. The lowest BCUT2D eigenvalue weighted by molar-refractivity contribution is -0.127. The summed E-state index contributed by atoms with van der Waals surface area (Å²) in [6.07, 6.45) is 0.489. The van der Waals surface area contributed by atoms with E-state index in [2.05, 4.69) is 33.0 Å². The highest BCUT2D eigenvalue weighted by molar-refractivity contribution is 5.77. The molecule has 0 aliphatic rings. The number of carbonyl (C=O) groups excluding carboxylic acids is 1. The third-order valence-electron chi connectivity index (χ3n) is 3.95. The van der Waals surface area contributed by atoms with E-state index in [1.165, 1.54) is 0 Å². The molecule has 2 N–H and O–H groups in total. The minimum Gasteiger partial charge on any atom is -0.388 e. The average Bonchev–Trinajstić information content (AvgIpc) is 1.97. The smallest absolute Gasteiger partial charge is 0.220 e. The van der Waals surface area contributed by atoms with E-state index in [0.717, 1.165) is 0 Å². The fourth-order valence-electron chi connectivity index (χ4n) is 1.14. The minimum absolute atomic E-state index is 0.000417. The first-order valence-electron chi connectivity index (χ1n) is 6.31. The Bertz CT molecular complexity index is 269. The minimum atomic E-state index is -0.937. The molecule has 0 spiro atoms. The van der Waals surface area contributed by atoms with E-state index in [9.17, 15) is 9.90 Å². The maximum absolute atomic E-state index is 11.9. The van der Waals surface area contributed by atoms with Crippen LogP contribution in [-0.4, -0.2) is 22.2 Å². The Kier molecular flexibility index (Phi) is 4.80. The number of hydrogen-bond acceptors (Lipinski definition) is 2. The van der Waals surface area contributed by atoms with E-state index in [0.29, 0.717) is 12.3 Å². The molecule has 0 aromatic carbocycles. The highest BCUT2D eigenvalue weighted by Crippen LogP contribution is 2.28. The van der Waals surface area contributed by atoms with E-state index < -0.39 is 11.1 Å². The molecule has 17 heavy (non-hydrogen) atoms. The van der Waals surface area contributed by atoms with Crippen molar-refractivity contribution >= 4 is 5.91 Å².